The van der Waals surface area contributed by atoms with Crippen molar-refractivity contribution in [3.05, 3.63) is 65.5 Å². The summed E-state index contributed by atoms with van der Waals surface area (Å²) in [4.78, 5) is 40.1. The molecule has 1 saturated heterocycles. The van der Waals surface area contributed by atoms with Crippen molar-refractivity contribution in [3.8, 4) is 0 Å². The second-order valence-corrected chi connectivity index (χ2v) is 6.73. The Kier molecular flexibility index (Phi) is 6.03. The zero-order chi connectivity index (χ0) is 20.1. The number of rotatable bonds is 5. The lowest BCUT2D eigenvalue weighted by Crippen LogP contribution is -2.51. The van der Waals surface area contributed by atoms with E-state index in [1.165, 1.54) is 12.1 Å². The Morgan fingerprint density at radius 1 is 1.00 bits per heavy atom. The maximum absolute atomic E-state index is 13.4. The molecule has 1 aliphatic rings. The first-order valence-electron chi connectivity index (χ1n) is 9.11. The normalized spacial score (nSPS) is 13.9. The van der Waals surface area contributed by atoms with Gasteiger partial charge in [-0.3, -0.25) is 14.4 Å². The van der Waals surface area contributed by atoms with Crippen LogP contribution in [0.25, 0.3) is 0 Å². The zero-order valence-electron chi connectivity index (χ0n) is 15.7. The standard InChI is InChI=1S/C21H22FN3O3/c1-15-4-2-5-16(12-15)20(27)21(28)23-14-19(26)25-10-8-24(9-11-25)18-7-3-6-17(22)13-18/h2-7,12-13H,8-11,14H2,1H3,(H,23,28). The van der Waals surface area contributed by atoms with E-state index in [1.54, 1.807) is 29.2 Å². The van der Waals surface area contributed by atoms with Gasteiger partial charge in [0.2, 0.25) is 11.7 Å². The fraction of sp³-hybridized carbons (Fsp3) is 0.286. The van der Waals surface area contributed by atoms with Gasteiger partial charge in [-0.2, -0.15) is 0 Å². The van der Waals surface area contributed by atoms with Crippen molar-refractivity contribution in [2.75, 3.05) is 37.6 Å². The highest BCUT2D eigenvalue weighted by Crippen LogP contribution is 2.17. The molecule has 0 saturated carbocycles. The number of aryl methyl sites for hydroxylation is 1. The molecule has 0 unspecified atom stereocenters. The fourth-order valence-corrected chi connectivity index (χ4v) is 3.15. The summed E-state index contributed by atoms with van der Waals surface area (Å²) in [5.41, 5.74) is 1.96. The number of benzene rings is 2. The number of carbonyl (C=O) groups excluding carboxylic acids is 3. The number of nitrogens with zero attached hydrogens (tertiary/aromatic N) is 2. The van der Waals surface area contributed by atoms with Crippen LogP contribution in [0.3, 0.4) is 0 Å². The van der Waals surface area contributed by atoms with Gasteiger partial charge < -0.3 is 15.1 Å². The Hall–Kier alpha value is -3.22. The van der Waals surface area contributed by atoms with E-state index in [4.69, 9.17) is 0 Å². The first kappa shape index (κ1) is 19.5. The van der Waals surface area contributed by atoms with Crippen molar-refractivity contribution in [1.29, 1.82) is 0 Å². The van der Waals surface area contributed by atoms with Crippen LogP contribution in [0.4, 0.5) is 10.1 Å². The maximum Gasteiger partial charge on any atom is 0.292 e. The predicted octanol–water partition coefficient (Wildman–Crippen LogP) is 1.78. The second-order valence-electron chi connectivity index (χ2n) is 6.73. The molecule has 0 aromatic heterocycles. The van der Waals surface area contributed by atoms with Crippen LogP contribution in [0.1, 0.15) is 15.9 Å². The molecule has 6 nitrogen and oxygen atoms in total. The third-order valence-corrected chi connectivity index (χ3v) is 4.69. The van der Waals surface area contributed by atoms with Crippen LogP contribution >= 0.6 is 0 Å². The largest absolute Gasteiger partial charge is 0.368 e. The molecule has 1 N–H and O–H groups in total. The third-order valence-electron chi connectivity index (χ3n) is 4.69. The van der Waals surface area contributed by atoms with E-state index in [-0.39, 0.29) is 18.3 Å². The number of nitrogens with one attached hydrogen (secondary N) is 1. The Balaban J connectivity index is 1.48. The van der Waals surface area contributed by atoms with Crippen LogP contribution in [-0.2, 0) is 9.59 Å². The van der Waals surface area contributed by atoms with Gasteiger partial charge in [-0.1, -0.05) is 29.8 Å². The molecule has 146 valence electrons. The van der Waals surface area contributed by atoms with E-state index in [9.17, 15) is 18.8 Å². The summed E-state index contributed by atoms with van der Waals surface area (Å²) in [6, 6.07) is 13.1. The minimum Gasteiger partial charge on any atom is -0.368 e. The van der Waals surface area contributed by atoms with Gasteiger partial charge in [0.1, 0.15) is 5.82 Å². The third kappa shape index (κ3) is 4.73. The smallest absolute Gasteiger partial charge is 0.292 e. The van der Waals surface area contributed by atoms with E-state index in [0.29, 0.717) is 31.7 Å². The van der Waals surface area contributed by atoms with Crippen molar-refractivity contribution in [3.63, 3.8) is 0 Å². The Morgan fingerprint density at radius 3 is 2.39 bits per heavy atom. The van der Waals surface area contributed by atoms with Crippen LogP contribution in [0.5, 0.6) is 0 Å². The summed E-state index contributed by atoms with van der Waals surface area (Å²) in [5.74, 6) is -1.99. The number of ketones is 1. The van der Waals surface area contributed by atoms with E-state index in [2.05, 4.69) is 5.32 Å². The Bertz CT molecular complexity index is 892. The molecule has 0 aliphatic carbocycles. The molecule has 2 aromatic carbocycles. The number of Topliss-reactive ketones (excluding diaryl/α,β-unsaturated/α-hetero) is 1. The number of hydrogen-bond donors (Lipinski definition) is 1. The zero-order valence-corrected chi connectivity index (χ0v) is 15.7. The molecule has 0 bridgehead atoms. The van der Waals surface area contributed by atoms with Crippen LogP contribution < -0.4 is 10.2 Å². The van der Waals surface area contributed by atoms with Gasteiger partial charge in [-0.15, -0.1) is 0 Å². The lowest BCUT2D eigenvalue weighted by Gasteiger charge is -2.36. The van der Waals surface area contributed by atoms with Crippen molar-refractivity contribution < 1.29 is 18.8 Å². The minimum atomic E-state index is -0.794. The molecule has 3 rings (SSSR count). The summed E-state index contributed by atoms with van der Waals surface area (Å²) >= 11 is 0. The Morgan fingerprint density at radius 2 is 1.71 bits per heavy atom. The Labute approximate surface area is 162 Å². The summed E-state index contributed by atoms with van der Waals surface area (Å²) in [6.45, 7) is 3.70. The lowest BCUT2D eigenvalue weighted by atomic mass is 10.1. The average Bonchev–Trinajstić information content (AvgIpc) is 2.71. The highest BCUT2D eigenvalue weighted by molar-refractivity contribution is 6.43. The van der Waals surface area contributed by atoms with Gasteiger partial charge in [0.05, 0.1) is 6.54 Å². The molecule has 7 heteroatoms. The SMILES string of the molecule is Cc1cccc(C(=O)C(=O)NCC(=O)N2CCN(c3cccc(F)c3)CC2)c1. The average molecular weight is 383 g/mol. The highest BCUT2D eigenvalue weighted by Gasteiger charge is 2.23. The summed E-state index contributed by atoms with van der Waals surface area (Å²) in [6.07, 6.45) is 0. The molecular weight excluding hydrogens is 361 g/mol. The number of halogens is 1. The molecule has 0 atom stereocenters. The topological polar surface area (TPSA) is 69.7 Å². The van der Waals surface area contributed by atoms with Gasteiger partial charge in [-0.05, 0) is 31.2 Å². The number of hydrogen-bond acceptors (Lipinski definition) is 4. The van der Waals surface area contributed by atoms with E-state index < -0.39 is 11.7 Å². The summed E-state index contributed by atoms with van der Waals surface area (Å²) in [7, 11) is 0. The highest BCUT2D eigenvalue weighted by atomic mass is 19.1. The van der Waals surface area contributed by atoms with E-state index in [0.717, 1.165) is 11.3 Å². The molecule has 1 heterocycles. The number of amides is 2. The predicted molar refractivity (Wildman–Crippen MR) is 104 cm³/mol. The number of anilines is 1. The lowest BCUT2D eigenvalue weighted by molar-refractivity contribution is -0.132. The first-order valence-corrected chi connectivity index (χ1v) is 9.11. The van der Waals surface area contributed by atoms with Crippen LogP contribution in [0.2, 0.25) is 0 Å². The molecule has 28 heavy (non-hydrogen) atoms. The fourth-order valence-electron chi connectivity index (χ4n) is 3.15. The molecule has 0 radical (unpaired) electrons. The number of carbonyl (C=O) groups is 3. The summed E-state index contributed by atoms with van der Waals surface area (Å²) in [5, 5.41) is 2.40. The van der Waals surface area contributed by atoms with Crippen molar-refractivity contribution >= 4 is 23.3 Å². The van der Waals surface area contributed by atoms with Crippen LogP contribution in [0.15, 0.2) is 48.5 Å². The molecule has 2 aromatic rings. The first-order chi connectivity index (χ1) is 13.4. The number of piperazine rings is 1. The second kappa shape index (κ2) is 8.65. The molecular formula is C21H22FN3O3. The monoisotopic (exact) mass is 383 g/mol. The van der Waals surface area contributed by atoms with E-state index >= 15 is 0 Å². The molecule has 1 aliphatic heterocycles. The maximum atomic E-state index is 13.4. The quantitative estimate of drug-likeness (QED) is 0.631. The minimum absolute atomic E-state index is 0.226. The molecule has 2 amide bonds. The van der Waals surface area contributed by atoms with Gasteiger partial charge in [0, 0.05) is 37.4 Å². The summed E-state index contributed by atoms with van der Waals surface area (Å²) < 4.78 is 13.4. The van der Waals surface area contributed by atoms with Gasteiger partial charge in [0.15, 0.2) is 0 Å². The van der Waals surface area contributed by atoms with Gasteiger partial charge in [-0.25, -0.2) is 4.39 Å². The van der Waals surface area contributed by atoms with Crippen molar-refractivity contribution in [1.82, 2.24) is 10.2 Å². The molecule has 1 fully saturated rings. The van der Waals surface area contributed by atoms with E-state index in [1.807, 2.05) is 24.0 Å². The van der Waals surface area contributed by atoms with Crippen LogP contribution in [-0.4, -0.2) is 55.2 Å². The van der Waals surface area contributed by atoms with Gasteiger partial charge >= 0.3 is 0 Å². The van der Waals surface area contributed by atoms with Gasteiger partial charge in [0.25, 0.3) is 5.91 Å². The van der Waals surface area contributed by atoms with Crippen LogP contribution in [0, 0.1) is 12.7 Å². The molecule has 0 spiro atoms. The van der Waals surface area contributed by atoms with Crippen molar-refractivity contribution in [2.24, 2.45) is 0 Å². The van der Waals surface area contributed by atoms with Crippen molar-refractivity contribution in [2.45, 2.75) is 6.92 Å².